The number of fused-ring (bicyclic) bond motifs is 1. The fourth-order valence-corrected chi connectivity index (χ4v) is 5.51. The number of hydrogen-bond acceptors (Lipinski definition) is 4. The molecule has 0 aliphatic heterocycles. The number of rotatable bonds is 6. The maximum atomic E-state index is 14.3. The lowest BCUT2D eigenvalue weighted by molar-refractivity contribution is 0.0523. The molecular weight excluding hydrogens is 467 g/mol. The van der Waals surface area contributed by atoms with Crippen LogP contribution in [-0.2, 0) is 11.3 Å². The predicted octanol–water partition coefficient (Wildman–Crippen LogP) is 7.43. The van der Waals surface area contributed by atoms with Crippen molar-refractivity contribution >= 4 is 22.6 Å². The first-order chi connectivity index (χ1) is 17.7. The van der Waals surface area contributed by atoms with Crippen molar-refractivity contribution < 1.29 is 18.7 Å². The minimum atomic E-state index is -0.576. The van der Waals surface area contributed by atoms with Gasteiger partial charge < -0.3 is 10.1 Å². The largest absolute Gasteiger partial charge is 0.444 e. The normalized spacial score (nSPS) is 20.0. The molecule has 0 atom stereocenters. The summed E-state index contributed by atoms with van der Waals surface area (Å²) in [5, 5.41) is 4.38. The van der Waals surface area contributed by atoms with Crippen LogP contribution >= 0.6 is 0 Å². The van der Waals surface area contributed by atoms with Gasteiger partial charge in [0.15, 0.2) is 5.78 Å². The lowest BCUT2D eigenvalue weighted by Gasteiger charge is -2.29. The minimum Gasteiger partial charge on any atom is -0.444 e. The quantitative estimate of drug-likeness (QED) is 0.356. The van der Waals surface area contributed by atoms with Crippen molar-refractivity contribution in [3.05, 3.63) is 76.9 Å². The summed E-state index contributed by atoms with van der Waals surface area (Å²) in [5.41, 5.74) is 2.87. The number of carbonyl (C=O) groups is 2. The van der Waals surface area contributed by atoms with Crippen LogP contribution in [-0.4, -0.2) is 22.5 Å². The van der Waals surface area contributed by atoms with Crippen LogP contribution in [0.5, 0.6) is 0 Å². The van der Waals surface area contributed by atoms with Gasteiger partial charge in [0.05, 0.1) is 12.2 Å². The Kier molecular flexibility index (Phi) is 7.02. The Morgan fingerprint density at radius 1 is 0.892 bits per heavy atom. The van der Waals surface area contributed by atoms with Crippen molar-refractivity contribution in [2.45, 2.75) is 83.3 Å². The van der Waals surface area contributed by atoms with Crippen molar-refractivity contribution in [1.82, 2.24) is 10.3 Å². The minimum absolute atomic E-state index is 0.0676. The Morgan fingerprint density at radius 3 is 2.19 bits per heavy atom. The second-order valence-electron chi connectivity index (χ2n) is 11.5. The van der Waals surface area contributed by atoms with Gasteiger partial charge in [0, 0.05) is 11.3 Å². The molecule has 2 aliphatic rings. The highest BCUT2D eigenvalue weighted by atomic mass is 19.1. The van der Waals surface area contributed by atoms with E-state index in [4.69, 9.17) is 9.72 Å². The summed E-state index contributed by atoms with van der Waals surface area (Å²) in [5.74, 6) is 0.574. The van der Waals surface area contributed by atoms with Crippen LogP contribution in [0.3, 0.4) is 0 Å². The molecule has 1 aromatic heterocycles. The summed E-state index contributed by atoms with van der Waals surface area (Å²) in [6.07, 6.45) is 5.04. The second-order valence-corrected chi connectivity index (χ2v) is 11.5. The van der Waals surface area contributed by atoms with E-state index in [1.807, 2.05) is 63.2 Å². The highest BCUT2D eigenvalue weighted by Gasteiger charge is 2.34. The second kappa shape index (κ2) is 10.2. The molecule has 1 amide bonds. The highest BCUT2D eigenvalue weighted by molar-refractivity contribution is 5.98. The molecule has 0 unspecified atom stereocenters. The monoisotopic (exact) mass is 502 g/mol. The fourth-order valence-electron chi connectivity index (χ4n) is 5.51. The molecule has 6 heteroatoms. The number of ketones is 1. The number of ether oxygens (including phenoxy) is 1. The number of Topliss-reactive ketones (excluding diaryl/α,β-unsaturated/α-hetero) is 1. The number of carbonyl (C=O) groups excluding carboxylic acids is 2. The van der Waals surface area contributed by atoms with Gasteiger partial charge >= 0.3 is 6.09 Å². The van der Waals surface area contributed by atoms with Crippen LogP contribution in [0.1, 0.15) is 98.4 Å². The summed E-state index contributed by atoms with van der Waals surface area (Å²) in [6, 6.07) is 15.0. The molecule has 37 heavy (non-hydrogen) atoms. The topological polar surface area (TPSA) is 68.3 Å². The van der Waals surface area contributed by atoms with E-state index in [2.05, 4.69) is 5.32 Å². The Bertz CT molecular complexity index is 1320. The van der Waals surface area contributed by atoms with Crippen LogP contribution in [0.25, 0.3) is 10.8 Å². The molecular formula is C31H35FN2O3. The summed E-state index contributed by atoms with van der Waals surface area (Å²) in [7, 11) is 0. The molecule has 2 fully saturated rings. The van der Waals surface area contributed by atoms with Crippen LogP contribution < -0.4 is 5.32 Å². The third kappa shape index (κ3) is 5.84. The Balaban J connectivity index is 1.29. The van der Waals surface area contributed by atoms with Gasteiger partial charge in [-0.05, 0) is 99.8 Å². The van der Waals surface area contributed by atoms with Gasteiger partial charge in [-0.3, -0.25) is 4.79 Å². The number of hydrogen-bond donors (Lipinski definition) is 1. The van der Waals surface area contributed by atoms with Gasteiger partial charge in [-0.15, -0.1) is 0 Å². The Morgan fingerprint density at radius 2 is 1.51 bits per heavy atom. The molecule has 5 rings (SSSR count). The van der Waals surface area contributed by atoms with Gasteiger partial charge in [0.2, 0.25) is 0 Å². The number of benzene rings is 2. The van der Waals surface area contributed by atoms with Crippen molar-refractivity contribution in [3.8, 4) is 0 Å². The standard InChI is InChI=1S/C31H35FN2O3/c1-31(2,3)37-30(36)33-18-22-14-15-24(20-8-9-20)28(34-22)29(35)21-12-10-19(11-13-21)23-16-17-27(32)26-7-5-4-6-25(23)26/h4-7,14-17,19-21H,8-13,18H2,1-3H3,(H,33,36). The SMILES string of the molecule is CC(C)(C)OC(=O)NCc1ccc(C2CC2)c(C(=O)C2CCC(c3ccc(F)c4ccccc34)CC2)n1. The maximum absolute atomic E-state index is 14.3. The molecule has 2 aromatic carbocycles. The molecule has 1 heterocycles. The molecule has 3 aromatic rings. The average Bonchev–Trinajstić information content (AvgIpc) is 3.72. The third-order valence-corrected chi connectivity index (χ3v) is 7.49. The van der Waals surface area contributed by atoms with Crippen LogP contribution in [0.2, 0.25) is 0 Å². The zero-order valence-electron chi connectivity index (χ0n) is 21.9. The summed E-state index contributed by atoms with van der Waals surface area (Å²) in [4.78, 5) is 30.5. The summed E-state index contributed by atoms with van der Waals surface area (Å²) in [6.45, 7) is 5.67. The van der Waals surface area contributed by atoms with Crippen molar-refractivity contribution in [3.63, 3.8) is 0 Å². The fraction of sp³-hybridized carbons (Fsp3) is 0.452. The van der Waals surface area contributed by atoms with Gasteiger partial charge in [-0.25, -0.2) is 14.2 Å². The average molecular weight is 503 g/mol. The summed E-state index contributed by atoms with van der Waals surface area (Å²) < 4.78 is 19.6. The van der Waals surface area contributed by atoms with Gasteiger partial charge in [-0.2, -0.15) is 0 Å². The van der Waals surface area contributed by atoms with E-state index in [0.717, 1.165) is 49.5 Å². The number of nitrogens with zero attached hydrogens (tertiary/aromatic N) is 1. The number of aromatic nitrogens is 1. The lowest BCUT2D eigenvalue weighted by Crippen LogP contribution is -2.32. The van der Waals surface area contributed by atoms with E-state index in [1.165, 1.54) is 5.56 Å². The van der Waals surface area contributed by atoms with Crippen LogP contribution in [0.15, 0.2) is 48.5 Å². The molecule has 0 spiro atoms. The van der Waals surface area contributed by atoms with Gasteiger partial charge in [-0.1, -0.05) is 36.4 Å². The highest BCUT2D eigenvalue weighted by Crippen LogP contribution is 2.44. The first-order valence-electron chi connectivity index (χ1n) is 13.4. The number of halogens is 1. The van der Waals surface area contributed by atoms with E-state index in [1.54, 1.807) is 6.07 Å². The Hall–Kier alpha value is -3.28. The van der Waals surface area contributed by atoms with E-state index in [9.17, 15) is 14.0 Å². The van der Waals surface area contributed by atoms with Crippen molar-refractivity contribution in [2.24, 2.45) is 5.92 Å². The summed E-state index contributed by atoms with van der Waals surface area (Å²) >= 11 is 0. The first-order valence-corrected chi connectivity index (χ1v) is 13.4. The smallest absolute Gasteiger partial charge is 0.407 e. The molecule has 2 saturated carbocycles. The van der Waals surface area contributed by atoms with E-state index in [0.29, 0.717) is 28.6 Å². The number of amides is 1. The van der Waals surface area contributed by atoms with Gasteiger partial charge in [0.1, 0.15) is 17.1 Å². The zero-order valence-corrected chi connectivity index (χ0v) is 21.9. The van der Waals surface area contributed by atoms with E-state index in [-0.39, 0.29) is 24.1 Å². The Labute approximate surface area is 217 Å². The molecule has 2 aliphatic carbocycles. The van der Waals surface area contributed by atoms with E-state index < -0.39 is 11.7 Å². The van der Waals surface area contributed by atoms with Crippen molar-refractivity contribution in [2.75, 3.05) is 0 Å². The van der Waals surface area contributed by atoms with Crippen LogP contribution in [0, 0.1) is 11.7 Å². The maximum Gasteiger partial charge on any atom is 0.407 e. The molecule has 5 nitrogen and oxygen atoms in total. The molecule has 0 saturated heterocycles. The first kappa shape index (κ1) is 25.4. The van der Waals surface area contributed by atoms with E-state index >= 15 is 0 Å². The van der Waals surface area contributed by atoms with Gasteiger partial charge in [0.25, 0.3) is 0 Å². The molecule has 1 N–H and O–H groups in total. The number of nitrogens with one attached hydrogen (secondary N) is 1. The molecule has 194 valence electrons. The predicted molar refractivity (Wildman–Crippen MR) is 142 cm³/mol. The zero-order chi connectivity index (χ0) is 26.2. The lowest BCUT2D eigenvalue weighted by atomic mass is 9.75. The van der Waals surface area contributed by atoms with Crippen molar-refractivity contribution in [1.29, 1.82) is 0 Å². The molecule has 0 bridgehead atoms. The third-order valence-electron chi connectivity index (χ3n) is 7.49. The number of alkyl carbamates (subject to hydrolysis) is 1. The molecule has 0 radical (unpaired) electrons. The number of pyridine rings is 1. The van der Waals surface area contributed by atoms with Crippen LogP contribution in [0.4, 0.5) is 9.18 Å².